The molecule has 0 amide bonds. The van der Waals surface area contributed by atoms with Crippen LogP contribution in [0.1, 0.15) is 24.5 Å². The van der Waals surface area contributed by atoms with E-state index in [-0.39, 0.29) is 22.9 Å². The second-order valence-corrected chi connectivity index (χ2v) is 5.81. The molecule has 0 atom stereocenters. The fraction of sp³-hybridized carbons (Fsp3) is 0.462. The van der Waals surface area contributed by atoms with Gasteiger partial charge in [-0.3, -0.25) is 0 Å². The van der Waals surface area contributed by atoms with E-state index in [0.29, 0.717) is 6.42 Å². The maximum atomic E-state index is 13.0. The Bertz CT molecular complexity index is 463. The van der Waals surface area contributed by atoms with E-state index in [1.807, 2.05) is 6.92 Å². The van der Waals surface area contributed by atoms with Crippen molar-refractivity contribution in [2.75, 3.05) is 18.1 Å². The Morgan fingerprint density at radius 1 is 1.40 bits per heavy atom. The summed E-state index contributed by atoms with van der Waals surface area (Å²) in [7, 11) is 0. The van der Waals surface area contributed by atoms with Crippen molar-refractivity contribution in [3.8, 4) is 5.75 Å². The highest BCUT2D eigenvalue weighted by atomic mass is 32.2. The molecule has 112 valence electrons. The molecule has 1 aromatic carbocycles. The van der Waals surface area contributed by atoms with Crippen molar-refractivity contribution in [3.05, 3.63) is 29.3 Å². The summed E-state index contributed by atoms with van der Waals surface area (Å²) in [5.74, 6) is 1.67. The van der Waals surface area contributed by atoms with Crippen molar-refractivity contribution in [2.45, 2.75) is 19.5 Å². The second-order valence-electron chi connectivity index (χ2n) is 3.97. The molecule has 0 radical (unpaired) electrons. The van der Waals surface area contributed by atoms with Gasteiger partial charge in [-0.25, -0.2) is 0 Å². The number of thiocarbonyl (C=S) groups is 1. The lowest BCUT2D eigenvalue weighted by molar-refractivity contribution is -0.138. The first-order chi connectivity index (χ1) is 9.36. The lowest BCUT2D eigenvalue weighted by Crippen LogP contribution is -2.14. The molecule has 0 heterocycles. The number of nitrogens with two attached hydrogens (primary N) is 1. The number of alkyl halides is 3. The predicted molar refractivity (Wildman–Crippen MR) is 80.4 cm³/mol. The van der Waals surface area contributed by atoms with E-state index in [0.717, 1.165) is 17.6 Å². The molecule has 1 rings (SSSR count). The highest BCUT2D eigenvalue weighted by Gasteiger charge is 2.34. The Morgan fingerprint density at radius 3 is 2.65 bits per heavy atom. The van der Waals surface area contributed by atoms with Gasteiger partial charge in [0.2, 0.25) is 0 Å². The zero-order valence-electron chi connectivity index (χ0n) is 11.0. The molecule has 0 aliphatic rings. The number of hydrogen-bond donors (Lipinski definition) is 1. The van der Waals surface area contributed by atoms with E-state index in [9.17, 15) is 13.2 Å². The Hall–Kier alpha value is -0.950. The Kier molecular flexibility index (Phi) is 6.61. The Labute approximate surface area is 125 Å². The molecule has 0 fully saturated rings. The molecule has 20 heavy (non-hydrogen) atoms. The smallest absolute Gasteiger partial charge is 0.419 e. The van der Waals surface area contributed by atoms with Gasteiger partial charge in [0.05, 0.1) is 12.2 Å². The van der Waals surface area contributed by atoms with Crippen LogP contribution in [0.2, 0.25) is 0 Å². The molecule has 0 aliphatic heterocycles. The van der Waals surface area contributed by atoms with Crippen LogP contribution in [0.3, 0.4) is 0 Å². The fourth-order valence-corrected chi connectivity index (χ4v) is 2.26. The van der Waals surface area contributed by atoms with Crippen LogP contribution in [0.4, 0.5) is 13.2 Å². The number of halogens is 3. The number of hydrogen-bond acceptors (Lipinski definition) is 3. The van der Waals surface area contributed by atoms with Gasteiger partial charge in [0.1, 0.15) is 10.7 Å². The van der Waals surface area contributed by atoms with Gasteiger partial charge in [-0.05, 0) is 36.1 Å². The third kappa shape index (κ3) is 5.20. The topological polar surface area (TPSA) is 35.2 Å². The first kappa shape index (κ1) is 17.1. The molecule has 0 bridgehead atoms. The molecule has 0 aliphatic carbocycles. The molecule has 1 aromatic rings. The van der Waals surface area contributed by atoms with E-state index in [4.69, 9.17) is 10.5 Å². The molecule has 2 nitrogen and oxygen atoms in total. The minimum atomic E-state index is -4.49. The number of benzene rings is 1. The van der Waals surface area contributed by atoms with Crippen molar-refractivity contribution in [1.82, 2.24) is 0 Å². The maximum absolute atomic E-state index is 13.0. The van der Waals surface area contributed by atoms with Crippen LogP contribution in [-0.4, -0.2) is 23.1 Å². The normalized spacial score (nSPS) is 11.4. The summed E-state index contributed by atoms with van der Waals surface area (Å²) < 4.78 is 44.1. The first-order valence-corrected chi connectivity index (χ1v) is 7.64. The van der Waals surface area contributed by atoms with Crippen LogP contribution >= 0.6 is 24.0 Å². The summed E-state index contributed by atoms with van der Waals surface area (Å²) in [6.07, 6.45) is -3.79. The van der Waals surface area contributed by atoms with Gasteiger partial charge in [0, 0.05) is 5.56 Å². The van der Waals surface area contributed by atoms with Crippen LogP contribution in [0.15, 0.2) is 18.2 Å². The number of rotatable bonds is 7. The van der Waals surface area contributed by atoms with Crippen LogP contribution in [-0.2, 0) is 6.18 Å². The van der Waals surface area contributed by atoms with Gasteiger partial charge in [0.15, 0.2) is 0 Å². The van der Waals surface area contributed by atoms with Crippen LogP contribution in [0.25, 0.3) is 0 Å². The highest BCUT2D eigenvalue weighted by Crippen LogP contribution is 2.36. The number of thioether (sulfide) groups is 1. The van der Waals surface area contributed by atoms with Crippen molar-refractivity contribution in [3.63, 3.8) is 0 Å². The lowest BCUT2D eigenvalue weighted by atomic mass is 10.1. The van der Waals surface area contributed by atoms with Crippen LogP contribution < -0.4 is 10.5 Å². The van der Waals surface area contributed by atoms with E-state index in [1.54, 1.807) is 11.8 Å². The molecule has 0 saturated heterocycles. The molecular weight excluding hydrogens is 307 g/mol. The van der Waals surface area contributed by atoms with Crippen molar-refractivity contribution in [2.24, 2.45) is 5.73 Å². The first-order valence-electron chi connectivity index (χ1n) is 6.08. The zero-order valence-corrected chi connectivity index (χ0v) is 12.6. The predicted octanol–water partition coefficient (Wildman–Crippen LogP) is 3.86. The standard InChI is InChI=1S/C13H16F3NOS2/c1-2-20-7-3-6-18-11-5-4-9(12(17)19)8-10(11)13(14,15)16/h4-5,8H,2-3,6-7H2,1H3,(H2,17,19). The summed E-state index contributed by atoms with van der Waals surface area (Å²) in [6, 6.07) is 3.64. The van der Waals surface area contributed by atoms with E-state index < -0.39 is 11.7 Å². The second kappa shape index (κ2) is 7.73. The van der Waals surface area contributed by atoms with Gasteiger partial charge in [0.25, 0.3) is 0 Å². The fourth-order valence-electron chi connectivity index (χ4n) is 1.52. The van der Waals surface area contributed by atoms with E-state index in [1.165, 1.54) is 12.1 Å². The van der Waals surface area contributed by atoms with Crippen molar-refractivity contribution in [1.29, 1.82) is 0 Å². The minimum Gasteiger partial charge on any atom is -0.493 e. The third-order valence-corrected chi connectivity index (χ3v) is 3.69. The van der Waals surface area contributed by atoms with Crippen LogP contribution in [0.5, 0.6) is 5.75 Å². The maximum Gasteiger partial charge on any atom is 0.419 e. The quantitative estimate of drug-likeness (QED) is 0.610. The summed E-state index contributed by atoms with van der Waals surface area (Å²) in [6.45, 7) is 2.28. The lowest BCUT2D eigenvalue weighted by Gasteiger charge is -2.15. The molecule has 0 unspecified atom stereocenters. The molecule has 0 spiro atoms. The van der Waals surface area contributed by atoms with Gasteiger partial charge in [-0.15, -0.1) is 0 Å². The summed E-state index contributed by atoms with van der Waals surface area (Å²) in [5.41, 5.74) is 4.69. The average Bonchev–Trinajstić information content (AvgIpc) is 2.37. The zero-order chi connectivity index (χ0) is 15.2. The largest absolute Gasteiger partial charge is 0.493 e. The SMILES string of the molecule is CCSCCCOc1ccc(C(N)=S)cc1C(F)(F)F. The van der Waals surface area contributed by atoms with Gasteiger partial charge in [-0.1, -0.05) is 19.1 Å². The van der Waals surface area contributed by atoms with Crippen molar-refractivity contribution >= 4 is 29.0 Å². The minimum absolute atomic E-state index is 0.0682. The Balaban J connectivity index is 2.81. The molecular formula is C13H16F3NOS2. The Morgan fingerprint density at radius 2 is 2.10 bits per heavy atom. The molecule has 7 heteroatoms. The average molecular weight is 323 g/mol. The highest BCUT2D eigenvalue weighted by molar-refractivity contribution is 7.99. The van der Waals surface area contributed by atoms with Gasteiger partial charge < -0.3 is 10.5 Å². The molecule has 0 saturated carbocycles. The number of ether oxygens (including phenoxy) is 1. The third-order valence-electron chi connectivity index (χ3n) is 2.46. The molecule has 0 aromatic heterocycles. The summed E-state index contributed by atoms with van der Waals surface area (Å²) in [5, 5.41) is 0. The summed E-state index contributed by atoms with van der Waals surface area (Å²) in [4.78, 5) is -0.0682. The monoisotopic (exact) mass is 323 g/mol. The summed E-state index contributed by atoms with van der Waals surface area (Å²) >= 11 is 6.41. The van der Waals surface area contributed by atoms with E-state index in [2.05, 4.69) is 12.2 Å². The van der Waals surface area contributed by atoms with Crippen molar-refractivity contribution < 1.29 is 17.9 Å². The molecule has 2 N–H and O–H groups in total. The van der Waals surface area contributed by atoms with E-state index >= 15 is 0 Å². The van der Waals surface area contributed by atoms with Gasteiger partial charge in [-0.2, -0.15) is 24.9 Å². The van der Waals surface area contributed by atoms with Gasteiger partial charge >= 0.3 is 6.18 Å². The van der Waals surface area contributed by atoms with Crippen LogP contribution in [0, 0.1) is 0 Å².